The van der Waals surface area contributed by atoms with Gasteiger partial charge in [0.15, 0.2) is 11.2 Å². The summed E-state index contributed by atoms with van der Waals surface area (Å²) in [5.41, 5.74) is 1.39. The van der Waals surface area contributed by atoms with Crippen molar-refractivity contribution in [3.8, 4) is 0 Å². The summed E-state index contributed by atoms with van der Waals surface area (Å²) in [6.07, 6.45) is 1.51. The molecule has 0 radical (unpaired) electrons. The van der Waals surface area contributed by atoms with Gasteiger partial charge in [0.2, 0.25) is 5.28 Å². The molecule has 0 unspecified atom stereocenters. The molecule has 1 aromatic carbocycles. The van der Waals surface area contributed by atoms with Gasteiger partial charge in [0.1, 0.15) is 6.73 Å². The van der Waals surface area contributed by atoms with Crippen LogP contribution in [0.15, 0.2) is 41.5 Å². The van der Waals surface area contributed by atoms with Gasteiger partial charge in [-0.05, 0) is 17.2 Å². The molecule has 0 atom stereocenters. The van der Waals surface area contributed by atoms with Crippen LogP contribution < -0.4 is 5.56 Å². The highest BCUT2D eigenvalue weighted by atomic mass is 35.5. The summed E-state index contributed by atoms with van der Waals surface area (Å²) in [6, 6.07) is 9.78. The van der Waals surface area contributed by atoms with E-state index in [0.29, 0.717) is 17.8 Å². The van der Waals surface area contributed by atoms with E-state index >= 15 is 0 Å². The smallest absolute Gasteiger partial charge is 0.278 e. The molecule has 0 aliphatic carbocycles. The SMILES string of the molecule is O=c1[nH]c(Cl)nc2ncn(COCc3ccccc3)c12. The number of aromatic nitrogens is 4. The molecular formula is C13H11ClN4O2. The molecule has 2 aromatic heterocycles. The number of hydrogen-bond donors (Lipinski definition) is 1. The maximum Gasteiger partial charge on any atom is 0.278 e. The molecule has 0 spiro atoms. The maximum atomic E-state index is 11.8. The Morgan fingerprint density at radius 2 is 2.10 bits per heavy atom. The highest BCUT2D eigenvalue weighted by Crippen LogP contribution is 2.08. The number of halogens is 1. The van der Waals surface area contributed by atoms with Gasteiger partial charge in [-0.3, -0.25) is 9.78 Å². The summed E-state index contributed by atoms with van der Waals surface area (Å²) in [6.45, 7) is 0.678. The van der Waals surface area contributed by atoms with Gasteiger partial charge in [-0.15, -0.1) is 0 Å². The largest absolute Gasteiger partial charge is 0.356 e. The molecule has 6 nitrogen and oxygen atoms in total. The predicted molar refractivity (Wildman–Crippen MR) is 74.4 cm³/mol. The first kappa shape index (κ1) is 12.8. The number of nitrogens with one attached hydrogen (secondary N) is 1. The lowest BCUT2D eigenvalue weighted by Gasteiger charge is -2.05. The fraction of sp³-hybridized carbons (Fsp3) is 0.154. The summed E-state index contributed by atoms with van der Waals surface area (Å²) in [7, 11) is 0. The normalized spacial score (nSPS) is 11.1. The molecule has 3 aromatic rings. The molecular weight excluding hydrogens is 280 g/mol. The first-order valence-corrected chi connectivity index (χ1v) is 6.34. The Morgan fingerprint density at radius 1 is 1.30 bits per heavy atom. The van der Waals surface area contributed by atoms with E-state index in [1.165, 1.54) is 6.33 Å². The second-order valence-electron chi connectivity index (χ2n) is 4.21. The Hall–Kier alpha value is -2.18. The molecule has 0 aliphatic heterocycles. The minimum Gasteiger partial charge on any atom is -0.356 e. The summed E-state index contributed by atoms with van der Waals surface area (Å²) >= 11 is 5.67. The molecule has 20 heavy (non-hydrogen) atoms. The van der Waals surface area contributed by atoms with Crippen molar-refractivity contribution >= 4 is 22.8 Å². The Bertz CT molecular complexity index is 782. The van der Waals surface area contributed by atoms with Crippen LogP contribution in [0.3, 0.4) is 0 Å². The average molecular weight is 291 g/mol. The maximum absolute atomic E-state index is 11.8. The molecule has 2 heterocycles. The zero-order chi connectivity index (χ0) is 13.9. The molecule has 0 amide bonds. The van der Waals surface area contributed by atoms with Gasteiger partial charge in [0.05, 0.1) is 12.9 Å². The van der Waals surface area contributed by atoms with E-state index in [2.05, 4.69) is 15.0 Å². The number of nitrogens with zero attached hydrogens (tertiary/aromatic N) is 3. The van der Waals surface area contributed by atoms with Gasteiger partial charge in [-0.25, -0.2) is 4.98 Å². The van der Waals surface area contributed by atoms with Crippen molar-refractivity contribution in [2.24, 2.45) is 0 Å². The molecule has 0 bridgehead atoms. The van der Waals surface area contributed by atoms with Gasteiger partial charge in [0.25, 0.3) is 5.56 Å². The van der Waals surface area contributed by atoms with E-state index in [4.69, 9.17) is 16.3 Å². The second-order valence-corrected chi connectivity index (χ2v) is 4.56. The molecule has 102 valence electrons. The van der Waals surface area contributed by atoms with Gasteiger partial charge in [-0.1, -0.05) is 30.3 Å². The van der Waals surface area contributed by atoms with Crippen LogP contribution in [0.1, 0.15) is 5.56 Å². The molecule has 3 rings (SSSR count). The van der Waals surface area contributed by atoms with Crippen LogP contribution in [0, 0.1) is 0 Å². The van der Waals surface area contributed by atoms with Crippen LogP contribution in [0.4, 0.5) is 0 Å². The number of H-pyrrole nitrogens is 1. The molecule has 0 fully saturated rings. The number of aromatic amines is 1. The zero-order valence-electron chi connectivity index (χ0n) is 10.4. The van der Waals surface area contributed by atoms with E-state index in [1.54, 1.807) is 4.57 Å². The third-order valence-corrected chi connectivity index (χ3v) is 2.98. The fourth-order valence-electron chi connectivity index (χ4n) is 1.89. The van der Waals surface area contributed by atoms with Crippen molar-refractivity contribution in [3.05, 3.63) is 57.9 Å². The van der Waals surface area contributed by atoms with E-state index in [0.717, 1.165) is 5.56 Å². The quantitative estimate of drug-likeness (QED) is 0.745. The number of benzene rings is 1. The van der Waals surface area contributed by atoms with Crippen LogP contribution in [0.5, 0.6) is 0 Å². The number of hydrogen-bond acceptors (Lipinski definition) is 4. The molecule has 0 aliphatic rings. The number of rotatable bonds is 4. The molecule has 0 saturated carbocycles. The summed E-state index contributed by atoms with van der Waals surface area (Å²) in [5.74, 6) is 0. The first-order chi connectivity index (χ1) is 9.74. The Kier molecular flexibility index (Phi) is 3.49. The van der Waals surface area contributed by atoms with Crippen LogP contribution in [0.25, 0.3) is 11.2 Å². The Balaban J connectivity index is 1.77. The van der Waals surface area contributed by atoms with Crippen LogP contribution in [-0.2, 0) is 18.1 Å². The van der Waals surface area contributed by atoms with Crippen molar-refractivity contribution in [1.82, 2.24) is 19.5 Å². The van der Waals surface area contributed by atoms with Gasteiger partial charge in [-0.2, -0.15) is 4.98 Å². The topological polar surface area (TPSA) is 72.8 Å². The van der Waals surface area contributed by atoms with Gasteiger partial charge < -0.3 is 9.30 Å². The van der Waals surface area contributed by atoms with Gasteiger partial charge in [0, 0.05) is 0 Å². The minimum absolute atomic E-state index is 0.0259. The van der Waals surface area contributed by atoms with E-state index < -0.39 is 0 Å². The summed E-state index contributed by atoms with van der Waals surface area (Å²) in [5, 5.41) is 0.0259. The number of imidazole rings is 1. The minimum atomic E-state index is -0.333. The monoisotopic (exact) mass is 290 g/mol. The highest BCUT2D eigenvalue weighted by molar-refractivity contribution is 6.28. The molecule has 0 saturated heterocycles. The number of fused-ring (bicyclic) bond motifs is 1. The summed E-state index contributed by atoms with van der Waals surface area (Å²) < 4.78 is 7.16. The average Bonchev–Trinajstić information content (AvgIpc) is 2.83. The lowest BCUT2D eigenvalue weighted by molar-refractivity contribution is 0.0663. The van der Waals surface area contributed by atoms with Gasteiger partial charge >= 0.3 is 0 Å². The fourth-order valence-corrected chi connectivity index (χ4v) is 2.06. The van der Waals surface area contributed by atoms with Crippen molar-refractivity contribution in [2.75, 3.05) is 0 Å². The number of ether oxygens (including phenoxy) is 1. The zero-order valence-corrected chi connectivity index (χ0v) is 11.2. The lowest BCUT2D eigenvalue weighted by Crippen LogP contribution is -2.13. The van der Waals surface area contributed by atoms with Crippen molar-refractivity contribution in [2.45, 2.75) is 13.3 Å². The predicted octanol–water partition coefficient (Wildman–Crippen LogP) is 1.95. The van der Waals surface area contributed by atoms with Crippen LogP contribution in [0.2, 0.25) is 5.28 Å². The van der Waals surface area contributed by atoms with E-state index in [1.807, 2.05) is 30.3 Å². The van der Waals surface area contributed by atoms with Crippen LogP contribution >= 0.6 is 11.6 Å². The van der Waals surface area contributed by atoms with E-state index in [9.17, 15) is 4.79 Å². The first-order valence-electron chi connectivity index (χ1n) is 5.96. The Labute approximate surface area is 119 Å². The molecule has 1 N–H and O–H groups in total. The van der Waals surface area contributed by atoms with Crippen LogP contribution in [-0.4, -0.2) is 19.5 Å². The highest BCUT2D eigenvalue weighted by Gasteiger charge is 2.09. The summed E-state index contributed by atoms with van der Waals surface area (Å²) in [4.78, 5) is 22.2. The Morgan fingerprint density at radius 3 is 2.90 bits per heavy atom. The third kappa shape index (κ3) is 2.56. The van der Waals surface area contributed by atoms with Crippen molar-refractivity contribution in [3.63, 3.8) is 0 Å². The second kappa shape index (κ2) is 5.44. The standard InChI is InChI=1S/C13H11ClN4O2/c14-13-16-11-10(12(19)17-13)18(7-15-11)8-20-6-9-4-2-1-3-5-9/h1-5,7H,6,8H2,(H,16,17,19). The van der Waals surface area contributed by atoms with E-state index in [-0.39, 0.29) is 17.6 Å². The lowest BCUT2D eigenvalue weighted by atomic mass is 10.2. The molecule has 7 heteroatoms. The van der Waals surface area contributed by atoms with Crippen molar-refractivity contribution < 1.29 is 4.74 Å². The van der Waals surface area contributed by atoms with Crippen molar-refractivity contribution in [1.29, 1.82) is 0 Å². The third-order valence-electron chi connectivity index (χ3n) is 2.80.